The molecule has 0 aromatic carbocycles. The number of pyridine rings is 1. The first-order valence-corrected chi connectivity index (χ1v) is 5.92. The molecule has 1 aromatic rings. The third kappa shape index (κ3) is 4.72. The van der Waals surface area contributed by atoms with E-state index in [9.17, 15) is 0 Å². The van der Waals surface area contributed by atoms with Crippen LogP contribution in [0.15, 0.2) is 22.9 Å². The van der Waals surface area contributed by atoms with Crippen molar-refractivity contribution in [3.8, 4) is 0 Å². The summed E-state index contributed by atoms with van der Waals surface area (Å²) in [4.78, 5) is 4.13. The van der Waals surface area contributed by atoms with Gasteiger partial charge in [-0.05, 0) is 59.9 Å². The Morgan fingerprint density at radius 1 is 1.36 bits per heavy atom. The maximum absolute atomic E-state index is 4.13. The van der Waals surface area contributed by atoms with Crippen LogP contribution < -0.4 is 5.32 Å². The van der Waals surface area contributed by atoms with E-state index in [4.69, 9.17) is 0 Å². The van der Waals surface area contributed by atoms with E-state index in [-0.39, 0.29) is 0 Å². The third-order valence-electron chi connectivity index (χ3n) is 2.01. The fraction of sp³-hybridized carbons (Fsp3) is 0.545. The Morgan fingerprint density at radius 3 is 2.93 bits per heavy atom. The van der Waals surface area contributed by atoms with Gasteiger partial charge in [-0.3, -0.25) is 4.98 Å². The van der Waals surface area contributed by atoms with Gasteiger partial charge < -0.3 is 5.32 Å². The van der Waals surface area contributed by atoms with Crippen molar-refractivity contribution in [2.24, 2.45) is 0 Å². The van der Waals surface area contributed by atoms with Gasteiger partial charge >= 0.3 is 0 Å². The van der Waals surface area contributed by atoms with Crippen molar-refractivity contribution in [2.45, 2.75) is 26.2 Å². The lowest BCUT2D eigenvalue weighted by Crippen LogP contribution is -2.16. The Bertz CT molecular complexity index is 263. The molecule has 0 aliphatic rings. The average molecular weight is 257 g/mol. The zero-order valence-electron chi connectivity index (χ0n) is 8.59. The molecule has 0 spiro atoms. The smallest absolute Gasteiger partial charge is 0.0410 e. The summed E-state index contributed by atoms with van der Waals surface area (Å²) in [7, 11) is 0. The molecule has 14 heavy (non-hydrogen) atoms. The summed E-state index contributed by atoms with van der Waals surface area (Å²) in [6, 6.07) is 2.13. The van der Waals surface area contributed by atoms with Crippen LogP contribution in [0.3, 0.4) is 0 Å². The molecular formula is C11H17BrN2. The molecule has 0 aliphatic carbocycles. The second-order valence-corrected chi connectivity index (χ2v) is 4.28. The number of hydrogen-bond acceptors (Lipinski definition) is 2. The molecular weight excluding hydrogens is 240 g/mol. The molecule has 1 rings (SSSR count). The number of halogens is 1. The van der Waals surface area contributed by atoms with Crippen LogP contribution in [-0.4, -0.2) is 18.1 Å². The molecule has 1 heterocycles. The summed E-state index contributed by atoms with van der Waals surface area (Å²) < 4.78 is 1.07. The Hall–Kier alpha value is -0.410. The third-order valence-corrected chi connectivity index (χ3v) is 2.44. The predicted octanol–water partition coefficient (Wildman–Crippen LogP) is 2.78. The maximum atomic E-state index is 4.13. The van der Waals surface area contributed by atoms with Crippen molar-refractivity contribution in [2.75, 3.05) is 13.1 Å². The van der Waals surface area contributed by atoms with Gasteiger partial charge in [0.1, 0.15) is 0 Å². The summed E-state index contributed by atoms with van der Waals surface area (Å²) in [6.45, 7) is 4.41. The van der Waals surface area contributed by atoms with Crippen LogP contribution in [-0.2, 0) is 6.42 Å². The fourth-order valence-corrected chi connectivity index (χ4v) is 1.72. The van der Waals surface area contributed by atoms with Gasteiger partial charge in [0.05, 0.1) is 0 Å². The largest absolute Gasteiger partial charge is 0.317 e. The summed E-state index contributed by atoms with van der Waals surface area (Å²) in [5.41, 5.74) is 1.30. The number of nitrogens with one attached hydrogen (secondary N) is 1. The highest BCUT2D eigenvalue weighted by atomic mass is 79.9. The molecule has 78 valence electrons. The molecule has 0 fully saturated rings. The highest BCUT2D eigenvalue weighted by Crippen LogP contribution is 2.10. The minimum Gasteiger partial charge on any atom is -0.317 e. The van der Waals surface area contributed by atoms with Gasteiger partial charge in [0.15, 0.2) is 0 Å². The quantitative estimate of drug-likeness (QED) is 0.792. The standard InChI is InChI=1S/C11H17BrN2/c1-2-5-13-6-3-4-10-7-11(12)9-14-8-10/h7-9,13H,2-6H2,1H3. The van der Waals surface area contributed by atoms with Crippen LogP contribution in [0, 0.1) is 0 Å². The van der Waals surface area contributed by atoms with Gasteiger partial charge in [-0.1, -0.05) is 6.92 Å². The van der Waals surface area contributed by atoms with E-state index in [1.54, 1.807) is 0 Å². The minimum absolute atomic E-state index is 1.07. The molecule has 0 aliphatic heterocycles. The summed E-state index contributed by atoms with van der Waals surface area (Å²) >= 11 is 3.42. The second-order valence-electron chi connectivity index (χ2n) is 3.36. The molecule has 0 saturated heterocycles. The fourth-order valence-electron chi connectivity index (χ4n) is 1.31. The van der Waals surface area contributed by atoms with E-state index >= 15 is 0 Å². The first kappa shape index (κ1) is 11.7. The SMILES string of the molecule is CCCNCCCc1cncc(Br)c1. The van der Waals surface area contributed by atoms with Crippen molar-refractivity contribution in [3.05, 3.63) is 28.5 Å². The molecule has 1 N–H and O–H groups in total. The summed E-state index contributed by atoms with van der Waals surface area (Å²) in [5.74, 6) is 0. The van der Waals surface area contributed by atoms with Crippen molar-refractivity contribution in [1.82, 2.24) is 10.3 Å². The summed E-state index contributed by atoms with van der Waals surface area (Å²) in [5, 5.41) is 3.39. The van der Waals surface area contributed by atoms with Crippen molar-refractivity contribution >= 4 is 15.9 Å². The summed E-state index contributed by atoms with van der Waals surface area (Å²) in [6.07, 6.45) is 7.24. The predicted molar refractivity (Wildman–Crippen MR) is 63.4 cm³/mol. The Labute approximate surface area is 94.3 Å². The van der Waals surface area contributed by atoms with Crippen molar-refractivity contribution in [3.63, 3.8) is 0 Å². The van der Waals surface area contributed by atoms with E-state index in [0.29, 0.717) is 0 Å². The topological polar surface area (TPSA) is 24.9 Å². The van der Waals surface area contributed by atoms with Gasteiger partial charge in [-0.15, -0.1) is 0 Å². The zero-order valence-corrected chi connectivity index (χ0v) is 10.2. The molecule has 1 aromatic heterocycles. The van der Waals surface area contributed by atoms with Gasteiger partial charge in [0.25, 0.3) is 0 Å². The Kier molecular flexibility index (Phi) is 5.80. The van der Waals surface area contributed by atoms with Crippen LogP contribution in [0.1, 0.15) is 25.3 Å². The number of hydrogen-bond donors (Lipinski definition) is 1. The second kappa shape index (κ2) is 6.96. The van der Waals surface area contributed by atoms with Crippen LogP contribution in [0.4, 0.5) is 0 Å². The van der Waals surface area contributed by atoms with Gasteiger partial charge in [0.2, 0.25) is 0 Å². The average Bonchev–Trinajstić information content (AvgIpc) is 2.18. The van der Waals surface area contributed by atoms with E-state index in [1.165, 1.54) is 18.4 Å². The van der Waals surface area contributed by atoms with E-state index < -0.39 is 0 Å². The highest BCUT2D eigenvalue weighted by Gasteiger charge is 1.94. The lowest BCUT2D eigenvalue weighted by molar-refractivity contribution is 0.639. The minimum atomic E-state index is 1.07. The Balaban J connectivity index is 2.18. The lowest BCUT2D eigenvalue weighted by atomic mass is 10.1. The molecule has 2 nitrogen and oxygen atoms in total. The van der Waals surface area contributed by atoms with E-state index in [2.05, 4.69) is 39.2 Å². The number of rotatable bonds is 6. The molecule has 3 heteroatoms. The van der Waals surface area contributed by atoms with E-state index in [1.807, 2.05) is 12.4 Å². The number of aryl methyl sites for hydroxylation is 1. The number of nitrogens with zero attached hydrogens (tertiary/aromatic N) is 1. The van der Waals surface area contributed by atoms with Gasteiger partial charge in [-0.25, -0.2) is 0 Å². The number of aromatic nitrogens is 1. The Morgan fingerprint density at radius 2 is 2.21 bits per heavy atom. The normalized spacial score (nSPS) is 10.4. The van der Waals surface area contributed by atoms with Gasteiger partial charge in [-0.2, -0.15) is 0 Å². The molecule has 0 unspecified atom stereocenters. The first-order chi connectivity index (χ1) is 6.83. The van der Waals surface area contributed by atoms with Crippen molar-refractivity contribution < 1.29 is 0 Å². The van der Waals surface area contributed by atoms with Crippen LogP contribution in [0.5, 0.6) is 0 Å². The molecule has 0 radical (unpaired) electrons. The monoisotopic (exact) mass is 256 g/mol. The molecule has 0 amide bonds. The van der Waals surface area contributed by atoms with Crippen molar-refractivity contribution in [1.29, 1.82) is 0 Å². The van der Waals surface area contributed by atoms with Crippen LogP contribution >= 0.6 is 15.9 Å². The van der Waals surface area contributed by atoms with Crippen LogP contribution in [0.2, 0.25) is 0 Å². The van der Waals surface area contributed by atoms with E-state index in [0.717, 1.165) is 24.0 Å². The highest BCUT2D eigenvalue weighted by molar-refractivity contribution is 9.10. The van der Waals surface area contributed by atoms with Crippen LogP contribution in [0.25, 0.3) is 0 Å². The maximum Gasteiger partial charge on any atom is 0.0410 e. The van der Waals surface area contributed by atoms with Gasteiger partial charge in [0, 0.05) is 16.9 Å². The zero-order chi connectivity index (χ0) is 10.2. The molecule has 0 bridgehead atoms. The molecule has 0 saturated carbocycles. The lowest BCUT2D eigenvalue weighted by Gasteiger charge is -2.03. The molecule has 0 atom stereocenters. The first-order valence-electron chi connectivity index (χ1n) is 5.13.